The molecule has 0 atom stereocenters. The molecule has 23 heavy (non-hydrogen) atoms. The lowest BCUT2D eigenvalue weighted by Gasteiger charge is -2.24. The second-order valence-corrected chi connectivity index (χ2v) is 7.48. The number of carbonyl (C=O) groups is 1. The molecule has 1 N–H and O–H groups in total. The fourth-order valence-electron chi connectivity index (χ4n) is 2.65. The van der Waals surface area contributed by atoms with E-state index in [0.717, 1.165) is 36.0 Å². The van der Waals surface area contributed by atoms with Crippen molar-refractivity contribution in [3.63, 3.8) is 0 Å². The molecular formula is C18H26N4O. The third-order valence-corrected chi connectivity index (χ3v) is 4.65. The van der Waals surface area contributed by atoms with Gasteiger partial charge in [-0.2, -0.15) is 5.10 Å². The van der Waals surface area contributed by atoms with Crippen LogP contribution in [-0.4, -0.2) is 26.2 Å². The fourth-order valence-corrected chi connectivity index (χ4v) is 2.65. The van der Waals surface area contributed by atoms with Gasteiger partial charge in [0, 0.05) is 23.2 Å². The molecule has 0 spiro atoms. The van der Waals surface area contributed by atoms with Crippen LogP contribution in [0.1, 0.15) is 81.9 Å². The van der Waals surface area contributed by atoms with Crippen LogP contribution in [-0.2, 0) is 0 Å². The number of carbonyl (C=O) groups excluding carboxylic acids is 1. The predicted octanol–water partition coefficient (Wildman–Crippen LogP) is 3.81. The van der Waals surface area contributed by atoms with Gasteiger partial charge in [-0.15, -0.1) is 0 Å². The molecule has 3 rings (SSSR count). The van der Waals surface area contributed by atoms with Gasteiger partial charge in [0.05, 0.1) is 17.1 Å². The number of hydrogen-bond donors (Lipinski definition) is 1. The Balaban J connectivity index is 2.09. The van der Waals surface area contributed by atoms with E-state index < -0.39 is 0 Å². The van der Waals surface area contributed by atoms with E-state index in [1.807, 2.05) is 24.6 Å². The normalized spacial score (nSPS) is 15.4. The van der Waals surface area contributed by atoms with Gasteiger partial charge in [-0.25, -0.2) is 9.67 Å². The zero-order valence-electron chi connectivity index (χ0n) is 14.7. The summed E-state index contributed by atoms with van der Waals surface area (Å²) in [4.78, 5) is 17.6. The molecule has 1 fully saturated rings. The van der Waals surface area contributed by atoms with Crippen molar-refractivity contribution in [1.29, 1.82) is 0 Å². The van der Waals surface area contributed by atoms with Crippen LogP contribution in [0.15, 0.2) is 12.3 Å². The molecule has 0 unspecified atom stereocenters. The molecule has 1 aliphatic carbocycles. The lowest BCUT2D eigenvalue weighted by Crippen LogP contribution is -2.42. The van der Waals surface area contributed by atoms with Crippen molar-refractivity contribution in [1.82, 2.24) is 20.1 Å². The molecule has 2 aromatic rings. The Morgan fingerprint density at radius 2 is 2.13 bits per heavy atom. The molecule has 0 bridgehead atoms. The van der Waals surface area contributed by atoms with Crippen LogP contribution >= 0.6 is 0 Å². The molecule has 5 heteroatoms. The summed E-state index contributed by atoms with van der Waals surface area (Å²) in [5.41, 5.74) is 2.33. The third kappa shape index (κ3) is 3.09. The van der Waals surface area contributed by atoms with E-state index in [2.05, 4.69) is 31.2 Å². The summed E-state index contributed by atoms with van der Waals surface area (Å²) in [6, 6.07) is 2.19. The average Bonchev–Trinajstić information content (AvgIpc) is 3.24. The van der Waals surface area contributed by atoms with Crippen LogP contribution in [0.4, 0.5) is 0 Å². The largest absolute Gasteiger partial charge is 0.347 e. The average molecular weight is 314 g/mol. The highest BCUT2D eigenvalue weighted by atomic mass is 16.1. The van der Waals surface area contributed by atoms with Gasteiger partial charge in [0.1, 0.15) is 0 Å². The number of fused-ring (bicyclic) bond motifs is 1. The third-order valence-electron chi connectivity index (χ3n) is 4.65. The summed E-state index contributed by atoms with van der Waals surface area (Å²) >= 11 is 0. The maximum atomic E-state index is 12.8. The molecule has 1 amide bonds. The van der Waals surface area contributed by atoms with Crippen molar-refractivity contribution in [3.05, 3.63) is 23.5 Å². The number of hydrogen-bond acceptors (Lipinski definition) is 3. The molecule has 1 saturated carbocycles. The molecular weight excluding hydrogens is 288 g/mol. The highest BCUT2D eigenvalue weighted by molar-refractivity contribution is 6.05. The molecule has 0 aliphatic heterocycles. The number of rotatable bonds is 5. The molecule has 0 radical (unpaired) electrons. The summed E-state index contributed by atoms with van der Waals surface area (Å²) in [5.74, 6) is 0.468. The fraction of sp³-hybridized carbons (Fsp3) is 0.611. The quantitative estimate of drug-likeness (QED) is 0.913. The lowest BCUT2D eigenvalue weighted by atomic mass is 10.0. The van der Waals surface area contributed by atoms with E-state index in [0.29, 0.717) is 11.5 Å². The van der Waals surface area contributed by atoms with E-state index >= 15 is 0 Å². The first-order valence-electron chi connectivity index (χ1n) is 8.53. The topological polar surface area (TPSA) is 59.8 Å². The minimum Gasteiger partial charge on any atom is -0.347 e. The molecule has 2 aromatic heterocycles. The Morgan fingerprint density at radius 1 is 1.43 bits per heavy atom. The number of aromatic nitrogens is 3. The molecule has 2 heterocycles. The van der Waals surface area contributed by atoms with Gasteiger partial charge in [0.25, 0.3) is 5.91 Å². The minimum atomic E-state index is -0.222. The Hall–Kier alpha value is -1.91. The van der Waals surface area contributed by atoms with E-state index in [1.165, 1.54) is 0 Å². The molecule has 124 valence electrons. The number of nitrogens with zero attached hydrogens (tertiary/aromatic N) is 3. The Kier molecular flexibility index (Phi) is 3.90. The Morgan fingerprint density at radius 3 is 2.70 bits per heavy atom. The Labute approximate surface area is 137 Å². The zero-order valence-corrected chi connectivity index (χ0v) is 14.7. The second kappa shape index (κ2) is 5.62. The van der Waals surface area contributed by atoms with Crippen molar-refractivity contribution >= 4 is 16.9 Å². The van der Waals surface area contributed by atoms with Crippen LogP contribution < -0.4 is 5.32 Å². The maximum absolute atomic E-state index is 12.8. The van der Waals surface area contributed by atoms with Crippen LogP contribution in [0.5, 0.6) is 0 Å². The van der Waals surface area contributed by atoms with Gasteiger partial charge < -0.3 is 5.32 Å². The van der Waals surface area contributed by atoms with Crippen molar-refractivity contribution in [2.75, 3.05) is 0 Å². The smallest absolute Gasteiger partial charge is 0.252 e. The summed E-state index contributed by atoms with van der Waals surface area (Å²) in [6.07, 6.45) is 4.98. The minimum absolute atomic E-state index is 0.0329. The van der Waals surface area contributed by atoms with Crippen molar-refractivity contribution in [2.45, 2.75) is 71.4 Å². The van der Waals surface area contributed by atoms with E-state index in [-0.39, 0.29) is 17.5 Å². The number of nitrogens with one attached hydrogen (secondary N) is 1. The standard InChI is InChI=1S/C18H26N4O/c1-6-18(4,5)21-17(23)13-9-15(12-7-8-12)20-16-14(13)10-19-22(16)11(2)3/h9-12H,6-8H2,1-5H3,(H,21,23). The first kappa shape index (κ1) is 16.0. The molecule has 5 nitrogen and oxygen atoms in total. The van der Waals surface area contributed by atoms with Gasteiger partial charge in [-0.1, -0.05) is 6.92 Å². The van der Waals surface area contributed by atoms with Gasteiger partial charge >= 0.3 is 0 Å². The highest BCUT2D eigenvalue weighted by Gasteiger charge is 2.29. The van der Waals surface area contributed by atoms with Gasteiger partial charge in [-0.05, 0) is 53.0 Å². The van der Waals surface area contributed by atoms with E-state index in [1.54, 1.807) is 6.20 Å². The van der Waals surface area contributed by atoms with Crippen LogP contribution in [0.3, 0.4) is 0 Å². The van der Waals surface area contributed by atoms with E-state index in [4.69, 9.17) is 4.98 Å². The summed E-state index contributed by atoms with van der Waals surface area (Å²) < 4.78 is 1.91. The van der Waals surface area contributed by atoms with Crippen molar-refractivity contribution < 1.29 is 4.79 Å². The zero-order chi connectivity index (χ0) is 16.8. The van der Waals surface area contributed by atoms with Gasteiger partial charge in [0.2, 0.25) is 0 Å². The summed E-state index contributed by atoms with van der Waals surface area (Å²) in [7, 11) is 0. The maximum Gasteiger partial charge on any atom is 0.252 e. The Bertz CT molecular complexity index is 741. The first-order chi connectivity index (χ1) is 10.8. The lowest BCUT2D eigenvalue weighted by molar-refractivity contribution is 0.0913. The van der Waals surface area contributed by atoms with E-state index in [9.17, 15) is 4.79 Å². The van der Waals surface area contributed by atoms with Crippen molar-refractivity contribution in [3.8, 4) is 0 Å². The highest BCUT2D eigenvalue weighted by Crippen LogP contribution is 2.40. The summed E-state index contributed by atoms with van der Waals surface area (Å²) in [6.45, 7) is 10.3. The number of pyridine rings is 1. The first-order valence-corrected chi connectivity index (χ1v) is 8.53. The van der Waals surface area contributed by atoms with Gasteiger partial charge in [0.15, 0.2) is 5.65 Å². The van der Waals surface area contributed by atoms with Crippen LogP contribution in [0.2, 0.25) is 0 Å². The van der Waals surface area contributed by atoms with Crippen LogP contribution in [0.25, 0.3) is 11.0 Å². The van der Waals surface area contributed by atoms with Crippen molar-refractivity contribution in [2.24, 2.45) is 0 Å². The molecule has 0 saturated heterocycles. The van der Waals surface area contributed by atoms with Gasteiger partial charge in [-0.3, -0.25) is 4.79 Å². The summed E-state index contributed by atoms with van der Waals surface area (Å²) in [5, 5.41) is 8.43. The second-order valence-electron chi connectivity index (χ2n) is 7.48. The molecule has 1 aliphatic rings. The predicted molar refractivity (Wildman–Crippen MR) is 91.7 cm³/mol. The monoisotopic (exact) mass is 314 g/mol. The SMILES string of the molecule is CCC(C)(C)NC(=O)c1cc(C2CC2)nc2c1cnn2C(C)C. The number of amides is 1. The van der Waals surface area contributed by atoms with Crippen LogP contribution in [0, 0.1) is 0 Å². The molecule has 0 aromatic carbocycles.